The molecule has 4 heteroatoms. The minimum atomic E-state index is 0.103. The number of hydrogen-bond acceptors (Lipinski definition) is 4. The van der Waals surface area contributed by atoms with Gasteiger partial charge in [-0.1, -0.05) is 12.1 Å². The van der Waals surface area contributed by atoms with Gasteiger partial charge >= 0.3 is 0 Å². The quantitative estimate of drug-likeness (QED) is 0.688. The Labute approximate surface area is 139 Å². The minimum absolute atomic E-state index is 0.103. The van der Waals surface area contributed by atoms with Crippen molar-refractivity contribution in [1.82, 2.24) is 10.3 Å². The Morgan fingerprint density at radius 1 is 1.00 bits per heavy atom. The van der Waals surface area contributed by atoms with E-state index in [0.29, 0.717) is 0 Å². The molecular weight excluding hydrogens is 286 g/mol. The van der Waals surface area contributed by atoms with Crippen LogP contribution in [0.2, 0.25) is 0 Å². The molecule has 0 amide bonds. The van der Waals surface area contributed by atoms with Crippen LogP contribution in [0.15, 0.2) is 24.4 Å². The third-order valence-electron chi connectivity index (χ3n) is 4.35. The lowest BCUT2D eigenvalue weighted by molar-refractivity contribution is 0.280. The van der Waals surface area contributed by atoms with Crippen LogP contribution in [0.1, 0.15) is 33.4 Å². The molecule has 0 radical (unpaired) electrons. The van der Waals surface area contributed by atoms with Crippen molar-refractivity contribution in [3.05, 3.63) is 57.8 Å². The van der Waals surface area contributed by atoms with E-state index in [2.05, 4.69) is 55.4 Å². The number of nitrogens with zero attached hydrogens (tertiary/aromatic N) is 1. The highest BCUT2D eigenvalue weighted by Crippen LogP contribution is 2.22. The van der Waals surface area contributed by atoms with Gasteiger partial charge in [0.25, 0.3) is 0 Å². The molecule has 0 saturated carbocycles. The van der Waals surface area contributed by atoms with E-state index in [4.69, 9.17) is 0 Å². The monoisotopic (exact) mass is 313 g/mol. The van der Waals surface area contributed by atoms with Crippen LogP contribution in [-0.2, 0) is 13.2 Å². The Bertz CT molecular complexity index is 668. The third-order valence-corrected chi connectivity index (χ3v) is 4.35. The van der Waals surface area contributed by atoms with Gasteiger partial charge in [-0.2, -0.15) is 0 Å². The van der Waals surface area contributed by atoms with E-state index < -0.39 is 0 Å². The van der Waals surface area contributed by atoms with Crippen molar-refractivity contribution in [2.24, 2.45) is 0 Å². The number of pyridine rings is 1. The first-order valence-corrected chi connectivity index (χ1v) is 8.10. The number of benzene rings is 1. The maximum Gasteiger partial charge on any atom is 0.128 e. The molecule has 0 unspecified atom stereocenters. The topological polar surface area (TPSA) is 57.2 Å². The molecule has 4 nitrogen and oxygen atoms in total. The second-order valence-electron chi connectivity index (χ2n) is 6.02. The van der Waals surface area contributed by atoms with Crippen LogP contribution >= 0.6 is 0 Å². The number of aliphatic hydroxyl groups is 1. The lowest BCUT2D eigenvalue weighted by Crippen LogP contribution is -2.23. The standard InChI is InChI=1S/C19H27N3O/c1-13-6-5-7-21-19(13)22-9-8-20-11-17-14(2)10-15(3)18(12-23)16(17)4/h5-7,10,20,23H,8-9,11-12H2,1-4H3,(H,21,22). The Hall–Kier alpha value is -1.91. The summed E-state index contributed by atoms with van der Waals surface area (Å²) in [6.07, 6.45) is 1.80. The Morgan fingerprint density at radius 3 is 2.43 bits per heavy atom. The van der Waals surface area contributed by atoms with Gasteiger partial charge in [0.2, 0.25) is 0 Å². The first-order chi connectivity index (χ1) is 11.0. The van der Waals surface area contributed by atoms with Gasteiger partial charge in [0, 0.05) is 25.8 Å². The average molecular weight is 313 g/mol. The molecule has 0 spiro atoms. The number of hydrogen-bond donors (Lipinski definition) is 3. The Morgan fingerprint density at radius 2 is 1.74 bits per heavy atom. The highest BCUT2D eigenvalue weighted by Gasteiger charge is 2.09. The SMILES string of the molecule is Cc1cccnc1NCCNCc1c(C)cc(C)c(CO)c1C. The summed E-state index contributed by atoms with van der Waals surface area (Å²) in [6.45, 7) is 10.9. The first kappa shape index (κ1) is 17.4. The lowest BCUT2D eigenvalue weighted by atomic mass is 9.94. The van der Waals surface area contributed by atoms with Crippen LogP contribution in [-0.4, -0.2) is 23.2 Å². The zero-order valence-electron chi connectivity index (χ0n) is 14.5. The summed E-state index contributed by atoms with van der Waals surface area (Å²) in [5, 5.41) is 16.4. The van der Waals surface area contributed by atoms with E-state index in [1.807, 2.05) is 6.07 Å². The molecule has 0 aliphatic heterocycles. The molecule has 1 aromatic carbocycles. The first-order valence-electron chi connectivity index (χ1n) is 8.10. The van der Waals surface area contributed by atoms with Gasteiger partial charge in [0.1, 0.15) is 5.82 Å². The zero-order chi connectivity index (χ0) is 16.8. The molecular formula is C19H27N3O. The fourth-order valence-electron chi connectivity index (χ4n) is 2.94. The summed E-state index contributed by atoms with van der Waals surface area (Å²) in [5.41, 5.74) is 7.14. The number of aliphatic hydroxyl groups excluding tert-OH is 1. The van der Waals surface area contributed by atoms with Gasteiger partial charge in [-0.3, -0.25) is 0 Å². The highest BCUT2D eigenvalue weighted by atomic mass is 16.3. The van der Waals surface area contributed by atoms with Gasteiger partial charge in [-0.25, -0.2) is 4.98 Å². The maximum atomic E-state index is 9.54. The number of aryl methyl sites for hydroxylation is 3. The van der Waals surface area contributed by atoms with E-state index in [1.54, 1.807) is 6.20 Å². The van der Waals surface area contributed by atoms with Crippen molar-refractivity contribution in [2.45, 2.75) is 40.8 Å². The summed E-state index contributed by atoms with van der Waals surface area (Å²) < 4.78 is 0. The normalized spacial score (nSPS) is 10.8. The summed E-state index contributed by atoms with van der Waals surface area (Å²) >= 11 is 0. The van der Waals surface area contributed by atoms with Gasteiger partial charge < -0.3 is 15.7 Å². The zero-order valence-corrected chi connectivity index (χ0v) is 14.5. The molecule has 23 heavy (non-hydrogen) atoms. The predicted molar refractivity (Wildman–Crippen MR) is 95.7 cm³/mol. The van der Waals surface area contributed by atoms with Crippen molar-refractivity contribution in [1.29, 1.82) is 0 Å². The van der Waals surface area contributed by atoms with E-state index in [0.717, 1.165) is 36.6 Å². The molecule has 0 saturated heterocycles. The van der Waals surface area contributed by atoms with Crippen molar-refractivity contribution in [2.75, 3.05) is 18.4 Å². The van der Waals surface area contributed by atoms with Crippen LogP contribution in [0.4, 0.5) is 5.82 Å². The van der Waals surface area contributed by atoms with Crippen LogP contribution in [0, 0.1) is 27.7 Å². The molecule has 3 N–H and O–H groups in total. The van der Waals surface area contributed by atoms with Crippen LogP contribution in [0.3, 0.4) is 0 Å². The molecule has 2 aromatic rings. The van der Waals surface area contributed by atoms with Crippen LogP contribution < -0.4 is 10.6 Å². The molecule has 1 heterocycles. The largest absolute Gasteiger partial charge is 0.392 e. The Balaban J connectivity index is 1.88. The summed E-state index contributed by atoms with van der Waals surface area (Å²) in [5.74, 6) is 0.944. The molecule has 0 aliphatic rings. The summed E-state index contributed by atoms with van der Waals surface area (Å²) in [4.78, 5) is 4.33. The van der Waals surface area contributed by atoms with E-state index in [9.17, 15) is 5.11 Å². The fourth-order valence-corrected chi connectivity index (χ4v) is 2.94. The van der Waals surface area contributed by atoms with Crippen molar-refractivity contribution >= 4 is 5.82 Å². The van der Waals surface area contributed by atoms with Crippen molar-refractivity contribution < 1.29 is 5.11 Å². The van der Waals surface area contributed by atoms with Crippen molar-refractivity contribution in [3.8, 4) is 0 Å². The molecule has 124 valence electrons. The minimum Gasteiger partial charge on any atom is -0.392 e. The van der Waals surface area contributed by atoms with Crippen molar-refractivity contribution in [3.63, 3.8) is 0 Å². The van der Waals surface area contributed by atoms with Gasteiger partial charge in [0.15, 0.2) is 0 Å². The second kappa shape index (κ2) is 8.09. The van der Waals surface area contributed by atoms with Gasteiger partial charge in [-0.15, -0.1) is 0 Å². The fraction of sp³-hybridized carbons (Fsp3) is 0.421. The number of nitrogens with one attached hydrogen (secondary N) is 2. The lowest BCUT2D eigenvalue weighted by Gasteiger charge is -2.17. The van der Waals surface area contributed by atoms with Gasteiger partial charge in [0.05, 0.1) is 6.61 Å². The second-order valence-corrected chi connectivity index (χ2v) is 6.02. The third kappa shape index (κ3) is 4.30. The molecule has 0 aliphatic carbocycles. The van der Waals surface area contributed by atoms with Crippen LogP contribution in [0.25, 0.3) is 0 Å². The molecule has 1 aromatic heterocycles. The summed E-state index contributed by atoms with van der Waals surface area (Å²) in [6, 6.07) is 6.16. The maximum absolute atomic E-state index is 9.54. The number of anilines is 1. The Kier molecular flexibility index (Phi) is 6.13. The molecule has 2 rings (SSSR count). The molecule has 0 fully saturated rings. The van der Waals surface area contributed by atoms with Crippen LogP contribution in [0.5, 0.6) is 0 Å². The van der Waals surface area contributed by atoms with E-state index >= 15 is 0 Å². The molecule has 0 bridgehead atoms. The van der Waals surface area contributed by atoms with E-state index in [1.165, 1.54) is 22.3 Å². The number of rotatable bonds is 7. The molecule has 0 atom stereocenters. The number of aromatic nitrogens is 1. The average Bonchev–Trinajstić information content (AvgIpc) is 2.51. The predicted octanol–water partition coefficient (Wildman–Crippen LogP) is 3.01. The van der Waals surface area contributed by atoms with Gasteiger partial charge in [-0.05, 0) is 67.1 Å². The smallest absolute Gasteiger partial charge is 0.128 e. The highest BCUT2D eigenvalue weighted by molar-refractivity contribution is 5.44. The summed E-state index contributed by atoms with van der Waals surface area (Å²) in [7, 11) is 0. The van der Waals surface area contributed by atoms with E-state index in [-0.39, 0.29) is 6.61 Å².